The van der Waals surface area contributed by atoms with Crippen molar-refractivity contribution in [1.82, 2.24) is 4.90 Å². The molecule has 1 rings (SSSR count). The average Bonchev–Trinajstić information content (AvgIpc) is 2.36. The van der Waals surface area contributed by atoms with Crippen LogP contribution in [-0.4, -0.2) is 42.5 Å². The highest BCUT2D eigenvalue weighted by atomic mass is 16.5. The van der Waals surface area contributed by atoms with Crippen molar-refractivity contribution in [2.75, 3.05) is 19.7 Å². The predicted octanol–water partition coefficient (Wildman–Crippen LogP) is 1.16. The fourth-order valence-corrected chi connectivity index (χ4v) is 2.16. The Bertz CT molecular complexity index is 328. The van der Waals surface area contributed by atoms with Crippen LogP contribution in [0.4, 0.5) is 0 Å². The van der Waals surface area contributed by atoms with Crippen molar-refractivity contribution >= 4 is 11.9 Å². The Kier molecular flexibility index (Phi) is 5.35. The van der Waals surface area contributed by atoms with Crippen molar-refractivity contribution in [2.45, 2.75) is 46.6 Å². The van der Waals surface area contributed by atoms with Gasteiger partial charge in [0.15, 0.2) is 0 Å². The molecule has 2 N–H and O–H groups in total. The lowest BCUT2D eigenvalue weighted by Gasteiger charge is -2.35. The van der Waals surface area contributed by atoms with E-state index in [1.165, 1.54) is 0 Å². The Morgan fingerprint density at radius 2 is 1.84 bits per heavy atom. The topological polar surface area (TPSA) is 72.6 Å². The molecule has 19 heavy (non-hydrogen) atoms. The van der Waals surface area contributed by atoms with Crippen LogP contribution in [0.15, 0.2) is 0 Å². The first-order chi connectivity index (χ1) is 8.77. The smallest absolute Gasteiger partial charge is 0.309 e. The number of rotatable bonds is 3. The van der Waals surface area contributed by atoms with E-state index < -0.39 is 6.04 Å². The van der Waals surface area contributed by atoms with Crippen LogP contribution < -0.4 is 5.73 Å². The monoisotopic (exact) mass is 270 g/mol. The van der Waals surface area contributed by atoms with Crippen molar-refractivity contribution in [3.05, 3.63) is 0 Å². The normalized spacial score (nSPS) is 19.1. The fraction of sp³-hybridized carbons (Fsp3) is 0.857. The van der Waals surface area contributed by atoms with Gasteiger partial charge in [-0.1, -0.05) is 20.8 Å². The van der Waals surface area contributed by atoms with E-state index in [1.807, 2.05) is 20.8 Å². The molecule has 110 valence electrons. The largest absolute Gasteiger partial charge is 0.466 e. The number of nitrogens with two attached hydrogens (primary N) is 1. The molecule has 0 saturated carbocycles. The van der Waals surface area contributed by atoms with Gasteiger partial charge in [0.25, 0.3) is 0 Å². The minimum absolute atomic E-state index is 0.0187. The molecular formula is C14H26N2O3. The van der Waals surface area contributed by atoms with Gasteiger partial charge in [-0.25, -0.2) is 0 Å². The summed E-state index contributed by atoms with van der Waals surface area (Å²) >= 11 is 0. The van der Waals surface area contributed by atoms with Gasteiger partial charge in [-0.2, -0.15) is 0 Å². The molecule has 0 aliphatic carbocycles. The SMILES string of the molecule is CCOC(=O)C1CCN(C(=O)[C@@H](N)C(C)(C)C)CC1. The number of likely N-dealkylation sites (tertiary alicyclic amines) is 1. The Morgan fingerprint density at radius 1 is 1.32 bits per heavy atom. The number of piperidine rings is 1. The first-order valence-electron chi connectivity index (χ1n) is 6.98. The maximum absolute atomic E-state index is 12.2. The molecule has 1 aliphatic rings. The highest BCUT2D eigenvalue weighted by molar-refractivity contribution is 5.83. The van der Waals surface area contributed by atoms with Crippen LogP contribution in [0.5, 0.6) is 0 Å². The van der Waals surface area contributed by atoms with Gasteiger partial charge in [0.1, 0.15) is 0 Å². The van der Waals surface area contributed by atoms with Crippen molar-refractivity contribution in [3.8, 4) is 0 Å². The van der Waals surface area contributed by atoms with E-state index in [-0.39, 0.29) is 23.2 Å². The van der Waals surface area contributed by atoms with E-state index in [2.05, 4.69) is 0 Å². The molecule has 0 aromatic carbocycles. The summed E-state index contributed by atoms with van der Waals surface area (Å²) in [4.78, 5) is 25.6. The Hall–Kier alpha value is -1.10. The van der Waals surface area contributed by atoms with Gasteiger partial charge in [-0.15, -0.1) is 0 Å². The number of hydrogen-bond donors (Lipinski definition) is 1. The number of amides is 1. The van der Waals surface area contributed by atoms with Gasteiger partial charge in [-0.3, -0.25) is 9.59 Å². The zero-order valence-corrected chi connectivity index (χ0v) is 12.4. The molecule has 0 radical (unpaired) electrons. The van der Waals surface area contributed by atoms with Crippen molar-refractivity contribution in [2.24, 2.45) is 17.1 Å². The Balaban J connectivity index is 2.50. The lowest BCUT2D eigenvalue weighted by molar-refractivity contribution is -0.151. The highest BCUT2D eigenvalue weighted by Gasteiger charge is 2.34. The van der Waals surface area contributed by atoms with E-state index >= 15 is 0 Å². The quantitative estimate of drug-likeness (QED) is 0.781. The molecule has 1 aliphatic heterocycles. The molecule has 5 nitrogen and oxygen atoms in total. The molecule has 5 heteroatoms. The van der Waals surface area contributed by atoms with Gasteiger partial charge >= 0.3 is 5.97 Å². The van der Waals surface area contributed by atoms with E-state index in [9.17, 15) is 9.59 Å². The average molecular weight is 270 g/mol. The van der Waals surface area contributed by atoms with Gasteiger partial charge in [0.05, 0.1) is 18.6 Å². The summed E-state index contributed by atoms with van der Waals surface area (Å²) in [5, 5.41) is 0. The molecule has 1 saturated heterocycles. The predicted molar refractivity (Wildman–Crippen MR) is 73.4 cm³/mol. The minimum Gasteiger partial charge on any atom is -0.466 e. The summed E-state index contributed by atoms with van der Waals surface area (Å²) in [5.74, 6) is -0.237. The Labute approximate surface area is 115 Å². The van der Waals surface area contributed by atoms with Crippen LogP contribution in [0.25, 0.3) is 0 Å². The summed E-state index contributed by atoms with van der Waals surface area (Å²) in [6.07, 6.45) is 1.34. The third-order valence-electron chi connectivity index (χ3n) is 3.63. The molecule has 1 heterocycles. The minimum atomic E-state index is -0.494. The molecule has 0 unspecified atom stereocenters. The van der Waals surface area contributed by atoms with Crippen LogP contribution >= 0.6 is 0 Å². The molecule has 0 aromatic heterocycles. The number of carbonyl (C=O) groups is 2. The first-order valence-corrected chi connectivity index (χ1v) is 6.98. The maximum atomic E-state index is 12.2. The lowest BCUT2D eigenvalue weighted by Crippen LogP contribution is -2.52. The highest BCUT2D eigenvalue weighted by Crippen LogP contribution is 2.23. The molecule has 0 spiro atoms. The van der Waals surface area contributed by atoms with Gasteiger partial charge in [0, 0.05) is 13.1 Å². The zero-order valence-electron chi connectivity index (χ0n) is 12.4. The summed E-state index contributed by atoms with van der Waals surface area (Å²) < 4.78 is 5.01. The second-order valence-electron chi connectivity index (χ2n) is 6.20. The molecule has 0 bridgehead atoms. The third-order valence-corrected chi connectivity index (χ3v) is 3.63. The molecule has 1 amide bonds. The van der Waals surface area contributed by atoms with Crippen LogP contribution in [0.2, 0.25) is 0 Å². The second-order valence-corrected chi connectivity index (χ2v) is 6.20. The van der Waals surface area contributed by atoms with Crippen LogP contribution in [0.3, 0.4) is 0 Å². The van der Waals surface area contributed by atoms with E-state index in [1.54, 1.807) is 11.8 Å². The molecule has 1 fully saturated rings. The number of nitrogens with zero attached hydrogens (tertiary/aromatic N) is 1. The Morgan fingerprint density at radius 3 is 2.26 bits per heavy atom. The lowest BCUT2D eigenvalue weighted by atomic mass is 9.86. The van der Waals surface area contributed by atoms with Crippen molar-refractivity contribution in [3.63, 3.8) is 0 Å². The standard InChI is InChI=1S/C14H26N2O3/c1-5-19-13(18)10-6-8-16(9-7-10)12(17)11(15)14(2,3)4/h10-11H,5-9,15H2,1-4H3/t11-/m1/s1. The molecule has 0 aromatic rings. The second kappa shape index (κ2) is 6.37. The van der Waals surface area contributed by atoms with Crippen LogP contribution in [0, 0.1) is 11.3 Å². The van der Waals surface area contributed by atoms with E-state index in [4.69, 9.17) is 10.5 Å². The van der Waals surface area contributed by atoms with E-state index in [0.29, 0.717) is 32.5 Å². The number of carbonyl (C=O) groups excluding carboxylic acids is 2. The zero-order chi connectivity index (χ0) is 14.6. The number of esters is 1. The molecule has 1 atom stereocenters. The summed E-state index contributed by atoms with van der Waals surface area (Å²) in [5.41, 5.74) is 5.74. The van der Waals surface area contributed by atoms with Gasteiger partial charge in [0.2, 0.25) is 5.91 Å². The summed E-state index contributed by atoms with van der Waals surface area (Å²) in [7, 11) is 0. The summed E-state index contributed by atoms with van der Waals surface area (Å²) in [6, 6.07) is -0.494. The maximum Gasteiger partial charge on any atom is 0.309 e. The van der Waals surface area contributed by atoms with Gasteiger partial charge < -0.3 is 15.4 Å². The third kappa shape index (κ3) is 4.20. The van der Waals surface area contributed by atoms with E-state index in [0.717, 1.165) is 0 Å². The number of hydrogen-bond acceptors (Lipinski definition) is 4. The van der Waals surface area contributed by atoms with Gasteiger partial charge in [-0.05, 0) is 25.2 Å². The summed E-state index contributed by atoms with van der Waals surface area (Å²) in [6.45, 7) is 9.27. The van der Waals surface area contributed by atoms with Crippen molar-refractivity contribution in [1.29, 1.82) is 0 Å². The molecular weight excluding hydrogens is 244 g/mol. The van der Waals surface area contributed by atoms with Crippen molar-refractivity contribution < 1.29 is 14.3 Å². The number of ether oxygens (including phenoxy) is 1. The van der Waals surface area contributed by atoms with Crippen LogP contribution in [-0.2, 0) is 14.3 Å². The first kappa shape index (κ1) is 16.0. The fourth-order valence-electron chi connectivity index (χ4n) is 2.16. The van der Waals surface area contributed by atoms with Crippen LogP contribution in [0.1, 0.15) is 40.5 Å².